The number of hydrogen-bond donors (Lipinski definition) is 0. The summed E-state index contributed by atoms with van der Waals surface area (Å²) in [6.45, 7) is 0.694. The molecule has 3 rings (SSSR count). The van der Waals surface area contributed by atoms with Gasteiger partial charge in [-0.25, -0.2) is 13.4 Å². The highest BCUT2D eigenvalue weighted by molar-refractivity contribution is 7.89. The number of ether oxygens (including phenoxy) is 1. The zero-order valence-electron chi connectivity index (χ0n) is 11.5. The third-order valence-electron chi connectivity index (χ3n) is 3.23. The van der Waals surface area contributed by atoms with Gasteiger partial charge in [-0.05, 0) is 12.5 Å². The fraction of sp³-hybridized carbons (Fsp3) is 0.417. The van der Waals surface area contributed by atoms with E-state index in [0.717, 1.165) is 0 Å². The van der Waals surface area contributed by atoms with E-state index in [4.69, 9.17) is 4.74 Å². The van der Waals surface area contributed by atoms with E-state index in [2.05, 4.69) is 15.2 Å². The standard InChI is InChI=1S/C12H15N5O3S/c1-16-8-12(13-9-16)21(18,19)17-6-4-10(7-17)20-11-3-2-5-14-15-11/h2-3,5,8-10H,4,6-7H2,1H3. The van der Waals surface area contributed by atoms with Crippen LogP contribution in [0.4, 0.5) is 0 Å². The molecule has 2 aromatic rings. The Morgan fingerprint density at radius 1 is 1.43 bits per heavy atom. The Morgan fingerprint density at radius 3 is 2.95 bits per heavy atom. The number of imidazole rings is 1. The van der Waals surface area contributed by atoms with Gasteiger partial charge >= 0.3 is 0 Å². The van der Waals surface area contributed by atoms with Crippen LogP contribution >= 0.6 is 0 Å². The van der Waals surface area contributed by atoms with Gasteiger partial charge in [0.2, 0.25) is 5.88 Å². The first kappa shape index (κ1) is 14.0. The Balaban J connectivity index is 1.69. The summed E-state index contributed by atoms with van der Waals surface area (Å²) in [5.74, 6) is 0.402. The van der Waals surface area contributed by atoms with Gasteiger partial charge < -0.3 is 9.30 Å². The van der Waals surface area contributed by atoms with Crippen LogP contribution in [0.3, 0.4) is 0 Å². The highest BCUT2D eigenvalue weighted by Gasteiger charge is 2.35. The number of nitrogens with zero attached hydrogens (tertiary/aromatic N) is 5. The van der Waals surface area contributed by atoms with Gasteiger partial charge in [0.25, 0.3) is 10.0 Å². The maximum atomic E-state index is 12.4. The first-order valence-corrected chi connectivity index (χ1v) is 7.92. The summed E-state index contributed by atoms with van der Waals surface area (Å²) < 4.78 is 33.5. The van der Waals surface area contributed by atoms with Gasteiger partial charge in [-0.3, -0.25) is 0 Å². The molecule has 2 aromatic heterocycles. The van der Waals surface area contributed by atoms with Crippen LogP contribution in [0.2, 0.25) is 0 Å². The molecule has 1 saturated heterocycles. The minimum Gasteiger partial charge on any atom is -0.472 e. The van der Waals surface area contributed by atoms with Crippen molar-refractivity contribution in [3.8, 4) is 5.88 Å². The van der Waals surface area contributed by atoms with Crippen molar-refractivity contribution in [1.29, 1.82) is 0 Å². The van der Waals surface area contributed by atoms with Crippen molar-refractivity contribution in [1.82, 2.24) is 24.1 Å². The summed E-state index contributed by atoms with van der Waals surface area (Å²) in [7, 11) is -1.83. The molecule has 1 unspecified atom stereocenters. The zero-order chi connectivity index (χ0) is 14.9. The first-order valence-electron chi connectivity index (χ1n) is 6.48. The van der Waals surface area contributed by atoms with Crippen molar-refractivity contribution in [3.05, 3.63) is 30.9 Å². The van der Waals surface area contributed by atoms with E-state index in [-0.39, 0.29) is 17.7 Å². The van der Waals surface area contributed by atoms with E-state index >= 15 is 0 Å². The summed E-state index contributed by atoms with van der Waals surface area (Å²) in [4.78, 5) is 3.91. The number of rotatable bonds is 4. The second-order valence-corrected chi connectivity index (χ2v) is 6.72. The number of aromatic nitrogens is 4. The van der Waals surface area contributed by atoms with Crippen LogP contribution in [0.15, 0.2) is 35.9 Å². The minimum atomic E-state index is -3.56. The van der Waals surface area contributed by atoms with Crippen LogP contribution in [-0.4, -0.2) is 51.7 Å². The summed E-state index contributed by atoms with van der Waals surface area (Å²) in [6, 6.07) is 3.42. The highest BCUT2D eigenvalue weighted by atomic mass is 32.2. The Bertz CT molecular complexity index is 716. The Morgan fingerprint density at radius 2 is 2.29 bits per heavy atom. The summed E-state index contributed by atoms with van der Waals surface area (Å²) in [5, 5.41) is 7.62. The third kappa shape index (κ3) is 2.88. The molecule has 0 saturated carbocycles. The lowest BCUT2D eigenvalue weighted by molar-refractivity contribution is 0.204. The third-order valence-corrected chi connectivity index (χ3v) is 4.98. The molecule has 1 atom stereocenters. The van der Waals surface area contributed by atoms with Crippen molar-refractivity contribution >= 4 is 10.0 Å². The lowest BCUT2D eigenvalue weighted by atomic mass is 10.3. The lowest BCUT2D eigenvalue weighted by Gasteiger charge is -2.15. The maximum Gasteiger partial charge on any atom is 0.262 e. The van der Waals surface area contributed by atoms with Gasteiger partial charge in [-0.2, -0.15) is 9.40 Å². The molecule has 0 radical (unpaired) electrons. The van der Waals surface area contributed by atoms with Gasteiger partial charge in [0, 0.05) is 32.1 Å². The van der Waals surface area contributed by atoms with Crippen LogP contribution in [0.25, 0.3) is 0 Å². The van der Waals surface area contributed by atoms with Crippen molar-refractivity contribution in [2.45, 2.75) is 17.6 Å². The largest absolute Gasteiger partial charge is 0.472 e. The molecule has 21 heavy (non-hydrogen) atoms. The number of sulfonamides is 1. The van der Waals surface area contributed by atoms with Gasteiger partial charge in [-0.1, -0.05) is 0 Å². The molecule has 0 spiro atoms. The van der Waals surface area contributed by atoms with Crippen LogP contribution in [0.5, 0.6) is 5.88 Å². The van der Waals surface area contributed by atoms with E-state index in [0.29, 0.717) is 18.8 Å². The van der Waals surface area contributed by atoms with Crippen molar-refractivity contribution < 1.29 is 13.2 Å². The Labute approximate surface area is 122 Å². The molecule has 0 amide bonds. The van der Waals surface area contributed by atoms with Gasteiger partial charge in [0.05, 0.1) is 12.9 Å². The predicted molar refractivity (Wildman–Crippen MR) is 73.0 cm³/mol. The molecule has 112 valence electrons. The van der Waals surface area contributed by atoms with E-state index in [1.54, 1.807) is 29.9 Å². The van der Waals surface area contributed by atoms with Crippen molar-refractivity contribution in [3.63, 3.8) is 0 Å². The van der Waals surface area contributed by atoms with Crippen molar-refractivity contribution in [2.24, 2.45) is 7.05 Å². The fourth-order valence-corrected chi connectivity index (χ4v) is 3.64. The van der Waals surface area contributed by atoms with E-state index in [9.17, 15) is 8.42 Å². The fourth-order valence-electron chi connectivity index (χ4n) is 2.19. The van der Waals surface area contributed by atoms with Gasteiger partial charge in [-0.15, -0.1) is 5.10 Å². The predicted octanol–water partition coefficient (Wildman–Crippen LogP) is 0.0521. The molecule has 1 aliphatic rings. The van der Waals surface area contributed by atoms with Gasteiger partial charge in [0.1, 0.15) is 6.10 Å². The second-order valence-electron chi connectivity index (χ2n) is 4.83. The average Bonchev–Trinajstić information content (AvgIpc) is 3.10. The quantitative estimate of drug-likeness (QED) is 0.793. The zero-order valence-corrected chi connectivity index (χ0v) is 12.3. The average molecular weight is 309 g/mol. The molecule has 1 fully saturated rings. The molecule has 0 aromatic carbocycles. The molecule has 0 bridgehead atoms. The summed E-state index contributed by atoms with van der Waals surface area (Å²) in [5.41, 5.74) is 0. The molecule has 3 heterocycles. The van der Waals surface area contributed by atoms with Crippen LogP contribution < -0.4 is 4.74 Å². The van der Waals surface area contributed by atoms with E-state index < -0.39 is 10.0 Å². The van der Waals surface area contributed by atoms with E-state index in [1.165, 1.54) is 16.8 Å². The lowest BCUT2D eigenvalue weighted by Crippen LogP contribution is -2.31. The monoisotopic (exact) mass is 309 g/mol. The Kier molecular flexibility index (Phi) is 3.60. The first-order chi connectivity index (χ1) is 10.1. The SMILES string of the molecule is Cn1cnc(S(=O)(=O)N2CCC(Oc3cccnn3)C2)c1. The van der Waals surface area contributed by atoms with Gasteiger partial charge in [0.15, 0.2) is 5.03 Å². The number of hydrogen-bond acceptors (Lipinski definition) is 6. The second kappa shape index (κ2) is 5.41. The Hall–Kier alpha value is -2.00. The van der Waals surface area contributed by atoms with Crippen LogP contribution in [0.1, 0.15) is 6.42 Å². The van der Waals surface area contributed by atoms with Crippen molar-refractivity contribution in [2.75, 3.05) is 13.1 Å². The smallest absolute Gasteiger partial charge is 0.262 e. The maximum absolute atomic E-state index is 12.4. The minimum absolute atomic E-state index is 0.0603. The molecule has 1 aliphatic heterocycles. The van der Waals surface area contributed by atoms with E-state index in [1.807, 2.05) is 0 Å². The van der Waals surface area contributed by atoms with Crippen LogP contribution in [0, 0.1) is 0 Å². The summed E-state index contributed by atoms with van der Waals surface area (Å²) in [6.07, 6.45) is 4.91. The highest BCUT2D eigenvalue weighted by Crippen LogP contribution is 2.22. The number of aryl methyl sites for hydroxylation is 1. The molecule has 0 aliphatic carbocycles. The normalized spacial score (nSPS) is 19.8. The molecular formula is C12H15N5O3S. The molecule has 9 heteroatoms. The summed E-state index contributed by atoms with van der Waals surface area (Å²) >= 11 is 0. The topological polar surface area (TPSA) is 90.2 Å². The molecule has 8 nitrogen and oxygen atoms in total. The van der Waals surface area contributed by atoms with Crippen LogP contribution in [-0.2, 0) is 17.1 Å². The molecule has 0 N–H and O–H groups in total. The molecular weight excluding hydrogens is 294 g/mol.